The highest BCUT2D eigenvalue weighted by Crippen LogP contribution is 2.41. The predicted octanol–water partition coefficient (Wildman–Crippen LogP) is 5.02. The van der Waals surface area contributed by atoms with Crippen LogP contribution in [0.15, 0.2) is 36.5 Å². The standard InChI is InChI=1S/C25H25N5O2S/c1-4-6-20-26-12-15(13-32-5-2)22(30-20)18-8-7-16-17(29-18)9-10-19-21(16)23-24(33-19)25(31)28-14(3)11-27-23/h4,6-10,12,14,27H,5,11,13H2,1-3H3,(H,28,31). The lowest BCUT2D eigenvalue weighted by Gasteiger charge is -2.11. The van der Waals surface area contributed by atoms with Gasteiger partial charge in [-0.2, -0.15) is 0 Å². The average molecular weight is 460 g/mol. The SMILES string of the molecule is CC=Cc1ncc(COCC)c(-c2ccc3c(ccc4sc5c(c43)NCC(C)NC5=O)n2)n1. The Morgan fingerprint density at radius 2 is 2.12 bits per heavy atom. The van der Waals surface area contributed by atoms with Crippen molar-refractivity contribution in [3.8, 4) is 11.4 Å². The summed E-state index contributed by atoms with van der Waals surface area (Å²) in [6.45, 7) is 7.63. The van der Waals surface area contributed by atoms with Crippen molar-refractivity contribution in [3.05, 3.63) is 52.8 Å². The van der Waals surface area contributed by atoms with Gasteiger partial charge in [-0.1, -0.05) is 6.08 Å². The minimum atomic E-state index is -0.0283. The Morgan fingerprint density at radius 1 is 1.24 bits per heavy atom. The number of thiophene rings is 1. The summed E-state index contributed by atoms with van der Waals surface area (Å²) in [5.41, 5.74) is 4.18. The summed E-state index contributed by atoms with van der Waals surface area (Å²) < 4.78 is 6.70. The van der Waals surface area contributed by atoms with Gasteiger partial charge in [-0.15, -0.1) is 11.3 Å². The number of aromatic nitrogens is 3. The monoisotopic (exact) mass is 459 g/mol. The highest BCUT2D eigenvalue weighted by Gasteiger charge is 2.25. The first kappa shape index (κ1) is 21.5. The molecule has 0 saturated heterocycles. The van der Waals surface area contributed by atoms with Gasteiger partial charge in [0.2, 0.25) is 0 Å². The van der Waals surface area contributed by atoms with Crippen molar-refractivity contribution in [1.29, 1.82) is 0 Å². The summed E-state index contributed by atoms with van der Waals surface area (Å²) in [4.78, 5) is 27.5. The topological polar surface area (TPSA) is 89.0 Å². The van der Waals surface area contributed by atoms with Crippen molar-refractivity contribution < 1.29 is 9.53 Å². The third-order valence-corrected chi connectivity index (χ3v) is 6.75. The van der Waals surface area contributed by atoms with Crippen LogP contribution in [-0.4, -0.2) is 40.1 Å². The number of carbonyl (C=O) groups excluding carboxylic acids is 1. The molecule has 7 nitrogen and oxygen atoms in total. The number of nitrogens with one attached hydrogen (secondary N) is 2. The van der Waals surface area contributed by atoms with Gasteiger partial charge in [0, 0.05) is 46.4 Å². The maximum Gasteiger partial charge on any atom is 0.263 e. The maximum atomic E-state index is 12.7. The maximum absolute atomic E-state index is 12.7. The molecule has 0 aliphatic carbocycles. The fraction of sp³-hybridized carbons (Fsp3) is 0.280. The largest absolute Gasteiger partial charge is 0.381 e. The number of anilines is 1. The molecule has 1 aliphatic heterocycles. The van der Waals surface area contributed by atoms with E-state index in [0.717, 1.165) is 48.5 Å². The number of nitrogens with zero attached hydrogens (tertiary/aromatic N) is 3. The van der Waals surface area contributed by atoms with Crippen molar-refractivity contribution in [1.82, 2.24) is 20.3 Å². The summed E-state index contributed by atoms with van der Waals surface area (Å²) in [5.74, 6) is 0.608. The number of carbonyl (C=O) groups is 1. The van der Waals surface area contributed by atoms with E-state index in [2.05, 4.69) is 21.7 Å². The van der Waals surface area contributed by atoms with Crippen molar-refractivity contribution >= 4 is 50.0 Å². The average Bonchev–Trinajstić information content (AvgIpc) is 3.14. The number of pyridine rings is 1. The summed E-state index contributed by atoms with van der Waals surface area (Å²) in [6, 6.07) is 8.18. The van der Waals surface area contributed by atoms with Crippen LogP contribution in [0.2, 0.25) is 0 Å². The lowest BCUT2D eigenvalue weighted by molar-refractivity contribution is 0.0949. The number of rotatable bonds is 5. The Hall–Kier alpha value is -3.36. The molecule has 1 aromatic carbocycles. The molecule has 1 unspecified atom stereocenters. The van der Waals surface area contributed by atoms with Crippen LogP contribution in [0.5, 0.6) is 0 Å². The molecule has 33 heavy (non-hydrogen) atoms. The Balaban J connectivity index is 1.66. The zero-order chi connectivity index (χ0) is 22.9. The minimum Gasteiger partial charge on any atom is -0.381 e. The van der Waals surface area contributed by atoms with Gasteiger partial charge in [-0.25, -0.2) is 15.0 Å². The van der Waals surface area contributed by atoms with Gasteiger partial charge in [0.15, 0.2) is 5.82 Å². The molecular formula is C25H25N5O2S. The van der Waals surface area contributed by atoms with E-state index in [1.807, 2.05) is 57.3 Å². The molecule has 1 atom stereocenters. The van der Waals surface area contributed by atoms with Crippen LogP contribution in [0.25, 0.3) is 38.5 Å². The van der Waals surface area contributed by atoms with Crippen molar-refractivity contribution in [2.75, 3.05) is 18.5 Å². The Bertz CT molecular complexity index is 1390. The number of benzene rings is 1. The smallest absolute Gasteiger partial charge is 0.263 e. The van der Waals surface area contributed by atoms with Crippen LogP contribution in [0.3, 0.4) is 0 Å². The van der Waals surface area contributed by atoms with Crippen LogP contribution >= 0.6 is 11.3 Å². The van der Waals surface area contributed by atoms with Crippen LogP contribution in [0, 0.1) is 0 Å². The number of hydrogen-bond donors (Lipinski definition) is 2. The number of allylic oxidation sites excluding steroid dienone is 1. The third kappa shape index (κ3) is 3.96. The van der Waals surface area contributed by atoms with Gasteiger partial charge in [-0.05, 0) is 51.1 Å². The molecule has 168 valence electrons. The molecule has 1 aliphatic rings. The molecule has 0 spiro atoms. The summed E-state index contributed by atoms with van der Waals surface area (Å²) in [6.07, 6.45) is 5.60. The molecule has 4 heterocycles. The Morgan fingerprint density at radius 3 is 2.94 bits per heavy atom. The number of hydrogen-bond acceptors (Lipinski definition) is 7. The summed E-state index contributed by atoms with van der Waals surface area (Å²) in [5, 5.41) is 8.57. The molecule has 0 radical (unpaired) electrons. The number of ether oxygens (including phenoxy) is 1. The minimum absolute atomic E-state index is 0.0283. The van der Waals surface area contributed by atoms with Crippen LogP contribution in [0.4, 0.5) is 5.69 Å². The van der Waals surface area contributed by atoms with E-state index in [1.54, 1.807) is 0 Å². The van der Waals surface area contributed by atoms with E-state index in [9.17, 15) is 4.79 Å². The highest BCUT2D eigenvalue weighted by molar-refractivity contribution is 7.21. The molecule has 3 aromatic heterocycles. The first-order valence-corrected chi connectivity index (χ1v) is 11.9. The number of amides is 1. The van der Waals surface area contributed by atoms with E-state index < -0.39 is 0 Å². The van der Waals surface area contributed by atoms with Crippen LogP contribution in [0.1, 0.15) is 41.8 Å². The van der Waals surface area contributed by atoms with E-state index in [4.69, 9.17) is 14.7 Å². The molecule has 1 amide bonds. The van der Waals surface area contributed by atoms with E-state index in [0.29, 0.717) is 25.6 Å². The molecular weight excluding hydrogens is 434 g/mol. The molecule has 8 heteroatoms. The van der Waals surface area contributed by atoms with Crippen molar-refractivity contribution in [2.24, 2.45) is 0 Å². The second kappa shape index (κ2) is 8.88. The van der Waals surface area contributed by atoms with E-state index >= 15 is 0 Å². The number of fused-ring (bicyclic) bond motifs is 5. The Labute approximate surface area is 195 Å². The lowest BCUT2D eigenvalue weighted by atomic mass is 10.1. The first-order valence-electron chi connectivity index (χ1n) is 11.1. The fourth-order valence-corrected chi connectivity index (χ4v) is 5.14. The molecule has 0 saturated carbocycles. The molecule has 2 N–H and O–H groups in total. The van der Waals surface area contributed by atoms with Gasteiger partial charge in [0.1, 0.15) is 4.88 Å². The van der Waals surface area contributed by atoms with Gasteiger partial charge in [-0.3, -0.25) is 4.79 Å². The highest BCUT2D eigenvalue weighted by atomic mass is 32.1. The van der Waals surface area contributed by atoms with Crippen LogP contribution < -0.4 is 10.6 Å². The van der Waals surface area contributed by atoms with E-state index in [-0.39, 0.29) is 11.9 Å². The normalized spacial score (nSPS) is 16.1. The zero-order valence-corrected chi connectivity index (χ0v) is 19.6. The van der Waals surface area contributed by atoms with E-state index in [1.165, 1.54) is 11.3 Å². The first-order chi connectivity index (χ1) is 16.1. The van der Waals surface area contributed by atoms with Gasteiger partial charge < -0.3 is 15.4 Å². The molecule has 4 aromatic rings. The molecule has 0 bridgehead atoms. The second-order valence-electron chi connectivity index (χ2n) is 8.00. The lowest BCUT2D eigenvalue weighted by Crippen LogP contribution is -2.34. The van der Waals surface area contributed by atoms with Gasteiger partial charge in [0.25, 0.3) is 5.91 Å². The van der Waals surface area contributed by atoms with Gasteiger partial charge in [0.05, 0.1) is 29.2 Å². The predicted molar refractivity (Wildman–Crippen MR) is 134 cm³/mol. The summed E-state index contributed by atoms with van der Waals surface area (Å²) in [7, 11) is 0. The quantitative estimate of drug-likeness (QED) is 0.436. The van der Waals surface area contributed by atoms with Crippen molar-refractivity contribution in [2.45, 2.75) is 33.4 Å². The zero-order valence-electron chi connectivity index (χ0n) is 18.8. The second-order valence-corrected chi connectivity index (χ2v) is 9.05. The Kier molecular flexibility index (Phi) is 5.78. The third-order valence-electron chi connectivity index (χ3n) is 5.59. The van der Waals surface area contributed by atoms with Crippen molar-refractivity contribution in [3.63, 3.8) is 0 Å². The summed E-state index contributed by atoms with van der Waals surface area (Å²) >= 11 is 1.51. The molecule has 0 fully saturated rings. The molecule has 5 rings (SSSR count). The van der Waals surface area contributed by atoms with Gasteiger partial charge >= 0.3 is 0 Å². The fourth-order valence-electron chi connectivity index (χ4n) is 4.05. The van der Waals surface area contributed by atoms with Crippen LogP contribution in [-0.2, 0) is 11.3 Å².